The second-order valence-electron chi connectivity index (χ2n) is 5.47. The van der Waals surface area contributed by atoms with Crippen molar-refractivity contribution >= 4 is 17.0 Å². The molecule has 1 aromatic carbocycles. The van der Waals surface area contributed by atoms with Crippen LogP contribution in [-0.2, 0) is 6.54 Å². The van der Waals surface area contributed by atoms with Crippen molar-refractivity contribution in [2.45, 2.75) is 39.4 Å². The maximum atomic E-state index is 3.51. The molecule has 0 amide bonds. The minimum Gasteiger partial charge on any atom is -0.367 e. The highest BCUT2D eigenvalue weighted by atomic mass is 32.1. The molecule has 2 rings (SSSR count). The molecule has 2 nitrogen and oxygen atoms in total. The van der Waals surface area contributed by atoms with Crippen molar-refractivity contribution in [3.05, 3.63) is 52.2 Å². The summed E-state index contributed by atoms with van der Waals surface area (Å²) in [6.45, 7) is 7.54. The molecule has 0 radical (unpaired) electrons. The molecule has 2 aromatic rings. The fraction of sp³-hybridized carbons (Fsp3) is 0.412. The van der Waals surface area contributed by atoms with E-state index < -0.39 is 0 Å². The molecule has 108 valence electrons. The van der Waals surface area contributed by atoms with E-state index in [1.54, 1.807) is 0 Å². The Hall–Kier alpha value is -1.32. The van der Waals surface area contributed by atoms with E-state index in [2.05, 4.69) is 79.8 Å². The molecule has 1 unspecified atom stereocenters. The number of nitrogens with zero attached hydrogens (tertiary/aromatic N) is 1. The molecule has 0 aliphatic heterocycles. The van der Waals surface area contributed by atoms with Crippen LogP contribution in [0.5, 0.6) is 0 Å². The van der Waals surface area contributed by atoms with Crippen molar-refractivity contribution in [2.75, 3.05) is 11.9 Å². The Kier molecular flexibility index (Phi) is 5.21. The van der Waals surface area contributed by atoms with E-state index in [1.807, 2.05) is 11.3 Å². The molecule has 0 fully saturated rings. The van der Waals surface area contributed by atoms with Crippen LogP contribution in [0.15, 0.2) is 41.8 Å². The van der Waals surface area contributed by atoms with Gasteiger partial charge in [0, 0.05) is 30.2 Å². The summed E-state index contributed by atoms with van der Waals surface area (Å²) >= 11 is 1.82. The topological polar surface area (TPSA) is 15.3 Å². The van der Waals surface area contributed by atoms with Gasteiger partial charge in [-0.1, -0.05) is 38.1 Å². The van der Waals surface area contributed by atoms with Crippen LogP contribution < -0.4 is 10.2 Å². The minimum atomic E-state index is 0.398. The Balaban J connectivity index is 2.18. The second-order valence-corrected chi connectivity index (χ2v) is 6.45. The molecule has 1 heterocycles. The van der Waals surface area contributed by atoms with Crippen LogP contribution in [0.1, 0.15) is 37.3 Å². The standard InChI is InChI=1S/C17H24N2S/c1-13(2)18-12-15-8-5-6-9-16(15)19(4)14(3)17-10-7-11-20-17/h5-11,13-14,18H,12H2,1-4H3. The van der Waals surface area contributed by atoms with Gasteiger partial charge in [0.2, 0.25) is 0 Å². The molecular formula is C17H24N2S. The molecule has 0 aliphatic carbocycles. The van der Waals surface area contributed by atoms with Gasteiger partial charge in [-0.25, -0.2) is 0 Å². The number of benzene rings is 1. The maximum Gasteiger partial charge on any atom is 0.0603 e. The van der Waals surface area contributed by atoms with Gasteiger partial charge in [0.05, 0.1) is 6.04 Å². The zero-order valence-electron chi connectivity index (χ0n) is 12.8. The van der Waals surface area contributed by atoms with Crippen LogP contribution in [-0.4, -0.2) is 13.1 Å². The molecule has 20 heavy (non-hydrogen) atoms. The smallest absolute Gasteiger partial charge is 0.0603 e. The predicted molar refractivity (Wildman–Crippen MR) is 89.6 cm³/mol. The van der Waals surface area contributed by atoms with Gasteiger partial charge in [-0.05, 0) is 30.0 Å². The molecule has 1 aromatic heterocycles. The van der Waals surface area contributed by atoms with Crippen molar-refractivity contribution in [1.82, 2.24) is 5.32 Å². The van der Waals surface area contributed by atoms with Crippen LogP contribution in [0.3, 0.4) is 0 Å². The van der Waals surface area contributed by atoms with Gasteiger partial charge in [-0.3, -0.25) is 0 Å². The number of rotatable bonds is 6. The number of hydrogen-bond acceptors (Lipinski definition) is 3. The van der Waals surface area contributed by atoms with Gasteiger partial charge in [-0.15, -0.1) is 11.3 Å². The summed E-state index contributed by atoms with van der Waals surface area (Å²) in [5, 5.41) is 5.65. The highest BCUT2D eigenvalue weighted by molar-refractivity contribution is 7.10. The lowest BCUT2D eigenvalue weighted by Gasteiger charge is -2.28. The fourth-order valence-electron chi connectivity index (χ4n) is 2.25. The first-order valence-corrected chi connectivity index (χ1v) is 8.05. The first-order chi connectivity index (χ1) is 9.59. The summed E-state index contributed by atoms with van der Waals surface area (Å²) < 4.78 is 0. The average Bonchev–Trinajstić information content (AvgIpc) is 2.98. The van der Waals surface area contributed by atoms with Gasteiger partial charge in [0.25, 0.3) is 0 Å². The Morgan fingerprint density at radius 2 is 1.85 bits per heavy atom. The van der Waals surface area contributed by atoms with Gasteiger partial charge in [-0.2, -0.15) is 0 Å². The summed E-state index contributed by atoms with van der Waals surface area (Å²) in [5.41, 5.74) is 2.66. The number of hydrogen-bond donors (Lipinski definition) is 1. The summed E-state index contributed by atoms with van der Waals surface area (Å²) in [7, 11) is 2.18. The van der Waals surface area contributed by atoms with Crippen LogP contribution in [0.25, 0.3) is 0 Å². The minimum absolute atomic E-state index is 0.398. The highest BCUT2D eigenvalue weighted by Gasteiger charge is 2.15. The molecule has 0 saturated carbocycles. The third-order valence-electron chi connectivity index (χ3n) is 3.61. The fourth-order valence-corrected chi connectivity index (χ4v) is 3.07. The van der Waals surface area contributed by atoms with Crippen molar-refractivity contribution in [3.8, 4) is 0 Å². The van der Waals surface area contributed by atoms with E-state index >= 15 is 0 Å². The molecule has 1 N–H and O–H groups in total. The lowest BCUT2D eigenvalue weighted by molar-refractivity contribution is 0.587. The lowest BCUT2D eigenvalue weighted by Crippen LogP contribution is -2.26. The quantitative estimate of drug-likeness (QED) is 0.845. The number of anilines is 1. The van der Waals surface area contributed by atoms with Crippen LogP contribution in [0, 0.1) is 0 Å². The van der Waals surface area contributed by atoms with Crippen LogP contribution in [0.2, 0.25) is 0 Å². The first kappa shape index (κ1) is 15.1. The molecule has 1 atom stereocenters. The zero-order valence-corrected chi connectivity index (χ0v) is 13.6. The number of para-hydroxylation sites is 1. The van der Waals surface area contributed by atoms with E-state index in [4.69, 9.17) is 0 Å². The van der Waals surface area contributed by atoms with Crippen molar-refractivity contribution < 1.29 is 0 Å². The SMILES string of the molecule is CC(C)NCc1ccccc1N(C)C(C)c1cccs1. The summed E-state index contributed by atoms with van der Waals surface area (Å²) in [6, 6.07) is 13.9. The molecule has 0 aliphatic rings. The Morgan fingerprint density at radius 3 is 2.50 bits per heavy atom. The molecule has 0 spiro atoms. The Labute approximate surface area is 126 Å². The third-order valence-corrected chi connectivity index (χ3v) is 4.65. The van der Waals surface area contributed by atoms with E-state index in [9.17, 15) is 0 Å². The van der Waals surface area contributed by atoms with Crippen molar-refractivity contribution in [3.63, 3.8) is 0 Å². The van der Waals surface area contributed by atoms with Crippen molar-refractivity contribution in [2.24, 2.45) is 0 Å². The van der Waals surface area contributed by atoms with Crippen LogP contribution in [0.4, 0.5) is 5.69 Å². The van der Waals surface area contributed by atoms with Gasteiger partial charge in [0.15, 0.2) is 0 Å². The normalized spacial score (nSPS) is 12.7. The first-order valence-electron chi connectivity index (χ1n) is 7.17. The summed E-state index contributed by atoms with van der Waals surface area (Å²) in [5.74, 6) is 0. The molecule has 3 heteroatoms. The van der Waals surface area contributed by atoms with E-state index in [0.717, 1.165) is 6.54 Å². The largest absolute Gasteiger partial charge is 0.367 e. The number of nitrogens with one attached hydrogen (secondary N) is 1. The third kappa shape index (κ3) is 3.62. The van der Waals surface area contributed by atoms with Crippen molar-refractivity contribution in [1.29, 1.82) is 0 Å². The summed E-state index contributed by atoms with van der Waals surface area (Å²) in [4.78, 5) is 3.77. The van der Waals surface area contributed by atoms with Gasteiger partial charge < -0.3 is 10.2 Å². The molecular weight excluding hydrogens is 264 g/mol. The van der Waals surface area contributed by atoms with Crippen LogP contribution >= 0.6 is 11.3 Å². The second kappa shape index (κ2) is 6.91. The monoisotopic (exact) mass is 288 g/mol. The lowest BCUT2D eigenvalue weighted by atomic mass is 10.1. The zero-order chi connectivity index (χ0) is 14.5. The Bertz CT molecular complexity index is 520. The number of thiophene rings is 1. The molecule has 0 bridgehead atoms. The van der Waals surface area contributed by atoms with Gasteiger partial charge in [0.1, 0.15) is 0 Å². The highest BCUT2D eigenvalue weighted by Crippen LogP contribution is 2.30. The average molecular weight is 288 g/mol. The van der Waals surface area contributed by atoms with E-state index in [0.29, 0.717) is 12.1 Å². The van der Waals surface area contributed by atoms with Gasteiger partial charge >= 0.3 is 0 Å². The Morgan fingerprint density at radius 1 is 1.10 bits per heavy atom. The predicted octanol–water partition coefficient (Wildman–Crippen LogP) is 4.44. The molecule has 0 saturated heterocycles. The van der Waals surface area contributed by atoms with E-state index in [1.165, 1.54) is 16.1 Å². The van der Waals surface area contributed by atoms with E-state index in [-0.39, 0.29) is 0 Å². The maximum absolute atomic E-state index is 3.51. The summed E-state index contributed by atoms with van der Waals surface area (Å²) in [6.07, 6.45) is 0.